The maximum atomic E-state index is 14.7. The molecular formula is C38H46ClN7O4S. The van der Waals surface area contributed by atoms with Crippen LogP contribution in [0.3, 0.4) is 0 Å². The van der Waals surface area contributed by atoms with Gasteiger partial charge in [-0.15, -0.1) is 0 Å². The Morgan fingerprint density at radius 1 is 1.06 bits per heavy atom. The van der Waals surface area contributed by atoms with E-state index < -0.39 is 15.6 Å². The molecule has 1 unspecified atom stereocenters. The van der Waals surface area contributed by atoms with Crippen molar-refractivity contribution in [3.8, 4) is 5.75 Å². The maximum absolute atomic E-state index is 14.7. The summed E-state index contributed by atoms with van der Waals surface area (Å²) in [6.45, 7) is 4.05. The largest absolute Gasteiger partial charge is 0.491 e. The molecule has 2 bridgehead atoms. The van der Waals surface area contributed by atoms with Crippen molar-refractivity contribution >= 4 is 55.3 Å². The third kappa shape index (κ3) is 8.13. The lowest BCUT2D eigenvalue weighted by atomic mass is 9.69. The monoisotopic (exact) mass is 731 g/mol. The first-order valence-corrected chi connectivity index (χ1v) is 20.1. The normalized spacial score (nSPS) is 26.4. The fourth-order valence-electron chi connectivity index (χ4n) is 7.78. The molecule has 270 valence electrons. The fourth-order valence-corrected chi connectivity index (χ4v) is 9.82. The van der Waals surface area contributed by atoms with E-state index in [4.69, 9.17) is 21.1 Å². The number of hydrogen-bond donors (Lipinski definition) is 0. The number of nitrogens with zero attached hydrogens (tertiary/aromatic N) is 7. The Labute approximate surface area is 305 Å². The number of hydrogen-bond acceptors (Lipinski definition) is 9. The molecule has 4 heterocycles. The van der Waals surface area contributed by atoms with Crippen molar-refractivity contribution in [2.75, 3.05) is 30.9 Å². The van der Waals surface area contributed by atoms with E-state index in [1.807, 2.05) is 25.3 Å². The van der Waals surface area contributed by atoms with Crippen molar-refractivity contribution in [2.45, 2.75) is 70.9 Å². The molecule has 1 fully saturated rings. The highest BCUT2D eigenvalue weighted by atomic mass is 35.5. The van der Waals surface area contributed by atoms with Crippen molar-refractivity contribution < 1.29 is 18.5 Å². The molecule has 2 aromatic heterocycles. The molecule has 13 heteroatoms. The molecule has 3 aliphatic rings. The Hall–Kier alpha value is -3.87. The highest BCUT2D eigenvalue weighted by molar-refractivity contribution is 8.06. The van der Waals surface area contributed by atoms with Crippen LogP contribution in [-0.2, 0) is 34.5 Å². The van der Waals surface area contributed by atoms with Crippen LogP contribution in [0.15, 0.2) is 58.3 Å². The highest BCUT2D eigenvalue weighted by Gasteiger charge is 2.38. The number of anilines is 1. The second-order valence-electron chi connectivity index (χ2n) is 14.3. The number of halogens is 1. The Kier molecular flexibility index (Phi) is 10.7. The number of rotatable bonds is 3. The summed E-state index contributed by atoms with van der Waals surface area (Å²) < 4.78 is 33.3. The lowest BCUT2D eigenvalue weighted by molar-refractivity contribution is -0.0222. The predicted octanol–water partition coefficient (Wildman–Crippen LogP) is 7.57. The van der Waals surface area contributed by atoms with Crippen LogP contribution in [0.1, 0.15) is 73.4 Å². The van der Waals surface area contributed by atoms with Gasteiger partial charge in [0.25, 0.3) is 5.91 Å². The first kappa shape index (κ1) is 35.5. The van der Waals surface area contributed by atoms with E-state index in [0.29, 0.717) is 47.4 Å². The summed E-state index contributed by atoms with van der Waals surface area (Å²) in [4.78, 5) is 29.5. The summed E-state index contributed by atoms with van der Waals surface area (Å²) in [6, 6.07) is 11.6. The van der Waals surface area contributed by atoms with Crippen LogP contribution in [-0.4, -0.2) is 67.5 Å². The molecule has 0 spiro atoms. The van der Waals surface area contributed by atoms with E-state index in [0.717, 1.165) is 74.4 Å². The van der Waals surface area contributed by atoms with E-state index >= 15 is 0 Å². The van der Waals surface area contributed by atoms with Gasteiger partial charge in [-0.3, -0.25) is 9.48 Å². The van der Waals surface area contributed by atoms with Crippen LogP contribution in [0.25, 0.3) is 11.0 Å². The van der Waals surface area contributed by atoms with Gasteiger partial charge in [-0.1, -0.05) is 31.0 Å². The summed E-state index contributed by atoms with van der Waals surface area (Å²) >= 11 is 6.48. The van der Waals surface area contributed by atoms with Crippen LogP contribution in [0, 0.1) is 17.8 Å². The second-order valence-corrected chi connectivity index (χ2v) is 16.9. The van der Waals surface area contributed by atoms with Crippen molar-refractivity contribution in [3.05, 3.63) is 70.6 Å². The molecule has 0 saturated heterocycles. The van der Waals surface area contributed by atoms with Crippen LogP contribution < -0.4 is 9.64 Å². The minimum absolute atomic E-state index is 0.0248. The number of carbonyl (C=O) groups is 1. The maximum Gasteiger partial charge on any atom is 0.285 e. The zero-order valence-corrected chi connectivity index (χ0v) is 31.1. The average molecular weight is 732 g/mol. The molecule has 2 aliphatic heterocycles. The van der Waals surface area contributed by atoms with E-state index in [9.17, 15) is 9.00 Å². The number of carbonyl (C=O) groups excluding carboxylic acids is 1. The third-order valence-electron chi connectivity index (χ3n) is 10.6. The number of ether oxygens (including phenoxy) is 2. The number of benzene rings is 2. The van der Waals surface area contributed by atoms with Gasteiger partial charge in [0, 0.05) is 49.8 Å². The van der Waals surface area contributed by atoms with Gasteiger partial charge in [0.1, 0.15) is 17.6 Å². The van der Waals surface area contributed by atoms with E-state index in [-0.39, 0.29) is 17.8 Å². The van der Waals surface area contributed by atoms with Crippen molar-refractivity contribution in [2.24, 2.45) is 34.2 Å². The summed E-state index contributed by atoms with van der Waals surface area (Å²) in [5, 5.41) is 5.69. The molecule has 11 nitrogen and oxygen atoms in total. The Morgan fingerprint density at radius 2 is 1.94 bits per heavy atom. The van der Waals surface area contributed by atoms with Crippen molar-refractivity contribution in [1.82, 2.24) is 19.7 Å². The summed E-state index contributed by atoms with van der Waals surface area (Å²) in [5.74, 6) is 1.58. The van der Waals surface area contributed by atoms with Gasteiger partial charge in [-0.2, -0.15) is 9.46 Å². The number of aryl methyl sites for hydroxylation is 2. The standard InChI is InChI=1S/C38H46ClN7O4S/c1-25-7-6-9-34(49-3)31-14-11-29(31)20-46-19-28-10-13-30(39)17-26(28)8-4-5-16-50-35-15-12-27(18-33(35)46)38(47)44-51(48,22-25)24-42-36-32-21-45(2)43-37(32)41-23-40-36/h10,12-13,15,17-18,21,23-25,29,31,34H,4-9,11,14,16,19-20,22H2,1-3H3/t25-,29-,31+,34-,51?/m0/s1. The lowest BCUT2D eigenvalue weighted by Gasteiger charge is -2.44. The molecule has 7 rings (SSSR count). The number of aliphatic imine (C=N–C) groups is 1. The van der Waals surface area contributed by atoms with E-state index in [1.54, 1.807) is 24.0 Å². The lowest BCUT2D eigenvalue weighted by Crippen LogP contribution is -2.44. The van der Waals surface area contributed by atoms with E-state index in [2.05, 4.69) is 48.4 Å². The first-order chi connectivity index (χ1) is 24.7. The molecule has 5 atom stereocenters. The molecule has 51 heavy (non-hydrogen) atoms. The van der Waals surface area contributed by atoms with Crippen LogP contribution >= 0.6 is 11.6 Å². The second kappa shape index (κ2) is 15.4. The van der Waals surface area contributed by atoms with Gasteiger partial charge in [-0.25, -0.2) is 19.2 Å². The molecule has 2 aromatic carbocycles. The summed E-state index contributed by atoms with van der Waals surface area (Å²) in [6.07, 6.45) is 11.0. The fraction of sp³-hybridized carbons (Fsp3) is 0.500. The topological polar surface area (TPSA) is 124 Å². The number of fused-ring (bicyclic) bond motifs is 4. The molecular weight excluding hydrogens is 686 g/mol. The zero-order chi connectivity index (χ0) is 35.5. The quantitative estimate of drug-likeness (QED) is 0.156. The minimum Gasteiger partial charge on any atom is -0.491 e. The van der Waals surface area contributed by atoms with Crippen molar-refractivity contribution in [1.29, 1.82) is 0 Å². The number of methoxy groups -OCH3 is 1. The van der Waals surface area contributed by atoms with Gasteiger partial charge in [0.2, 0.25) is 0 Å². The molecule has 1 amide bonds. The Bertz CT molecular complexity index is 2060. The van der Waals surface area contributed by atoms with Crippen LogP contribution in [0.2, 0.25) is 5.02 Å². The average Bonchev–Trinajstić information content (AvgIpc) is 3.47. The third-order valence-corrected chi connectivity index (χ3v) is 12.8. The van der Waals surface area contributed by atoms with Crippen LogP contribution in [0.5, 0.6) is 5.75 Å². The van der Waals surface area contributed by atoms with Gasteiger partial charge in [0.15, 0.2) is 11.5 Å². The summed E-state index contributed by atoms with van der Waals surface area (Å²) in [5.41, 5.74) is 5.43. The Balaban J connectivity index is 1.32. The molecule has 0 radical (unpaired) electrons. The van der Waals surface area contributed by atoms with Gasteiger partial charge < -0.3 is 14.4 Å². The Morgan fingerprint density at radius 3 is 2.76 bits per heavy atom. The zero-order valence-electron chi connectivity index (χ0n) is 29.5. The molecule has 1 saturated carbocycles. The van der Waals surface area contributed by atoms with Gasteiger partial charge >= 0.3 is 0 Å². The number of amides is 1. The van der Waals surface area contributed by atoms with Gasteiger partial charge in [-0.05, 0) is 104 Å². The molecule has 4 aromatic rings. The number of aromatic nitrogens is 4. The summed E-state index contributed by atoms with van der Waals surface area (Å²) in [7, 11) is 0.364. The first-order valence-electron chi connectivity index (χ1n) is 18.0. The highest BCUT2D eigenvalue weighted by Crippen LogP contribution is 2.43. The minimum atomic E-state index is -3.25. The molecule has 1 aliphatic carbocycles. The smallest absolute Gasteiger partial charge is 0.285 e. The van der Waals surface area contributed by atoms with Crippen molar-refractivity contribution in [3.63, 3.8) is 0 Å². The molecule has 0 N–H and O–H groups in total. The van der Waals surface area contributed by atoms with Gasteiger partial charge in [0.05, 0.1) is 33.5 Å². The van der Waals surface area contributed by atoms with E-state index in [1.165, 1.54) is 23.0 Å². The SMILES string of the molecule is CO[C@H]1CCC[C@H](C)CS(=O)(C=Nc2ncnc3nn(C)cc23)=NC(=O)c2ccc3c(c2)N(Cc2ccc(Cl)cc2CCCCO3)C[C@@H]2CC[C@H]21. The van der Waals surface area contributed by atoms with Crippen LogP contribution in [0.4, 0.5) is 11.5 Å². The predicted molar refractivity (Wildman–Crippen MR) is 202 cm³/mol.